The summed E-state index contributed by atoms with van der Waals surface area (Å²) in [5, 5.41) is 7.36. The Bertz CT molecular complexity index is 4390. The van der Waals surface area contributed by atoms with Crippen LogP contribution in [0.2, 0.25) is 0 Å². The molecule has 9 heteroatoms. The summed E-state index contributed by atoms with van der Waals surface area (Å²) in [6.45, 7) is 25.7. The molecule has 0 radical (unpaired) electrons. The minimum Gasteiger partial charge on any atom is -0.364 e. The minimum atomic E-state index is 0. The van der Waals surface area contributed by atoms with Gasteiger partial charge in [-0.15, -0.1) is 0 Å². The Hall–Kier alpha value is -9.21. The molecule has 12 rings (SSSR count). The van der Waals surface area contributed by atoms with Gasteiger partial charge in [0.15, 0.2) is 17.3 Å². The van der Waals surface area contributed by atoms with E-state index in [2.05, 4.69) is 210 Å². The number of carbonyl (C=O) groups excluding carboxylic acids is 3. The lowest BCUT2D eigenvalue weighted by Crippen LogP contribution is -2.09. The molecule has 12 aromatic rings. The Morgan fingerprint density at radius 2 is 0.735 bits per heavy atom. The summed E-state index contributed by atoms with van der Waals surface area (Å²) >= 11 is 0. The summed E-state index contributed by atoms with van der Waals surface area (Å²) in [7, 11) is 0. The van der Waals surface area contributed by atoms with Crippen LogP contribution < -0.4 is 0 Å². The Morgan fingerprint density at radius 3 is 1.08 bits per heavy atom. The predicted octanol–water partition coefficient (Wildman–Crippen LogP) is 19.5. The number of benzene rings is 6. The zero-order chi connectivity index (χ0) is 59.0. The molecule has 0 bridgehead atoms. The van der Waals surface area contributed by atoms with Gasteiger partial charge in [-0.3, -0.25) is 14.4 Å². The number of fused-ring (bicyclic) bond motifs is 3. The van der Waals surface area contributed by atoms with Crippen LogP contribution >= 0.6 is 0 Å². The van der Waals surface area contributed by atoms with Gasteiger partial charge in [0.05, 0.1) is 17.8 Å². The SMILES string of the molecule is CC(=O)c1c(C)[nH]c(C(c2ccc(C)[nH]2)c2cccc3ccccc23)c1C.CC(=O)c1c(C)[nH]c(C(c2ccc[nH]2)c2cccc3ccccc23)c1C.CCc1c(C)[nH]c(C(c2[nH]c(C)c(C(C)=O)c2C)c2cccc3ccccc23)c1C.[HH].[HH].[HH].[HH].[HH].[HH]. The molecular formula is C74H88N6O3. The number of Topliss-reactive ketones (excluding diaryl/α,β-unsaturated/α-hetero) is 3. The molecule has 0 saturated heterocycles. The zero-order valence-corrected chi connectivity index (χ0v) is 50.2. The summed E-state index contributed by atoms with van der Waals surface area (Å²) in [5.41, 5.74) is 23.8. The average Bonchev–Trinajstić information content (AvgIpc) is 1.75. The number of rotatable bonds is 13. The molecule has 3 unspecified atom stereocenters. The zero-order valence-electron chi connectivity index (χ0n) is 50.2. The third kappa shape index (κ3) is 10.8. The Labute approximate surface area is 496 Å². The Balaban J connectivity index is 0.000000277. The van der Waals surface area contributed by atoms with Crippen molar-refractivity contribution in [1.82, 2.24) is 29.9 Å². The van der Waals surface area contributed by atoms with Crippen LogP contribution in [0.25, 0.3) is 32.3 Å². The highest BCUT2D eigenvalue weighted by molar-refractivity contribution is 5.99. The van der Waals surface area contributed by atoms with Crippen LogP contribution in [0.5, 0.6) is 0 Å². The number of H-pyrrole nitrogens is 6. The van der Waals surface area contributed by atoms with Gasteiger partial charge in [-0.1, -0.05) is 134 Å². The molecule has 0 aliphatic heterocycles. The molecule has 0 aliphatic rings. The molecule has 0 amide bonds. The van der Waals surface area contributed by atoms with Crippen molar-refractivity contribution in [2.75, 3.05) is 0 Å². The van der Waals surface area contributed by atoms with Crippen LogP contribution in [0.3, 0.4) is 0 Å². The molecule has 0 aliphatic carbocycles. The molecule has 432 valence electrons. The third-order valence-electron chi connectivity index (χ3n) is 17.1. The van der Waals surface area contributed by atoms with Gasteiger partial charge in [0, 0.05) is 94.1 Å². The van der Waals surface area contributed by atoms with Crippen molar-refractivity contribution in [3.8, 4) is 0 Å². The van der Waals surface area contributed by atoms with Gasteiger partial charge in [-0.2, -0.15) is 0 Å². The van der Waals surface area contributed by atoms with E-state index in [-0.39, 0.29) is 43.7 Å². The highest BCUT2D eigenvalue weighted by Crippen LogP contribution is 2.43. The highest BCUT2D eigenvalue weighted by atomic mass is 16.1. The van der Waals surface area contributed by atoms with E-state index >= 15 is 0 Å². The van der Waals surface area contributed by atoms with Gasteiger partial charge in [-0.25, -0.2) is 0 Å². The lowest BCUT2D eigenvalue weighted by atomic mass is 9.85. The lowest BCUT2D eigenvalue weighted by Gasteiger charge is -2.21. The molecule has 3 atom stereocenters. The fraction of sp³-hybridized carbons (Fsp3) is 0.230. The van der Waals surface area contributed by atoms with Crippen molar-refractivity contribution < 1.29 is 22.9 Å². The number of hydrogen-bond donors (Lipinski definition) is 6. The molecule has 0 fully saturated rings. The van der Waals surface area contributed by atoms with Crippen LogP contribution in [0, 0.1) is 62.3 Å². The van der Waals surface area contributed by atoms with E-state index in [0.717, 1.165) is 91.0 Å². The Kier molecular flexibility index (Phi) is 16.3. The third-order valence-corrected chi connectivity index (χ3v) is 17.1. The summed E-state index contributed by atoms with van der Waals surface area (Å²) in [5.74, 6) is 0.344. The van der Waals surface area contributed by atoms with E-state index < -0.39 is 0 Å². The van der Waals surface area contributed by atoms with E-state index in [1.807, 2.05) is 46.9 Å². The predicted molar refractivity (Wildman–Crippen MR) is 354 cm³/mol. The number of ketones is 3. The van der Waals surface area contributed by atoms with Crippen molar-refractivity contribution in [1.29, 1.82) is 0 Å². The first kappa shape index (κ1) is 57.0. The maximum atomic E-state index is 12.4. The van der Waals surface area contributed by atoms with Crippen molar-refractivity contribution in [3.63, 3.8) is 0 Å². The van der Waals surface area contributed by atoms with Gasteiger partial charge in [-0.05, 0) is 191 Å². The topological polar surface area (TPSA) is 146 Å². The molecule has 6 N–H and O–H groups in total. The standard InChI is InChI=1S/C27H30N2O.C24H24N2O.C23H22N2O.6H2/c1-7-21-15(2)26(28-17(21)4)25(27-16(3)24(19(6)30)18(5)29-27)23-14-10-12-20-11-8-9-13-22(20)23;1-14-12-13-21(25-14)23(24-15(2)22(17(4)27)16(3)26-24)20-11-7-9-18-8-5-6-10-19(18)20;1-14-21(16(3)26)15(2)25-23(14)22(20-12-7-13-24-20)19-11-6-9-17-8-4-5-10-18(17)19;;;;;;/h8-14,25,28-29H,7H2,1-6H3;5-13,23,25-26H,1-4H3;4-13,22,24-25H,1-3H3;6*1H. The second kappa shape index (κ2) is 23.7. The van der Waals surface area contributed by atoms with E-state index in [0.29, 0.717) is 0 Å². The maximum Gasteiger partial charge on any atom is 0.161 e. The van der Waals surface area contributed by atoms with Gasteiger partial charge < -0.3 is 29.9 Å². The molecule has 9 nitrogen and oxygen atoms in total. The summed E-state index contributed by atoms with van der Waals surface area (Å²) in [6.07, 6.45) is 2.95. The fourth-order valence-electron chi connectivity index (χ4n) is 13.5. The first-order chi connectivity index (χ1) is 39.9. The fourth-order valence-corrected chi connectivity index (χ4v) is 13.5. The maximum absolute atomic E-state index is 12.4. The summed E-state index contributed by atoms with van der Waals surface area (Å²) < 4.78 is 0. The molecule has 0 spiro atoms. The van der Waals surface area contributed by atoms with Crippen molar-refractivity contribution in [2.45, 2.75) is 114 Å². The van der Waals surface area contributed by atoms with Crippen LogP contribution in [-0.2, 0) is 6.42 Å². The van der Waals surface area contributed by atoms with Gasteiger partial charge >= 0.3 is 0 Å². The average molecular weight is 1110 g/mol. The second-order valence-electron chi connectivity index (χ2n) is 22.5. The van der Waals surface area contributed by atoms with Crippen molar-refractivity contribution >= 4 is 49.7 Å². The number of hydrogen-bond acceptors (Lipinski definition) is 3. The summed E-state index contributed by atoms with van der Waals surface area (Å²) in [6, 6.07) is 53.2. The van der Waals surface area contributed by atoms with Crippen LogP contribution in [0.1, 0.15) is 192 Å². The molecule has 6 aromatic heterocycles. The Morgan fingerprint density at radius 1 is 0.373 bits per heavy atom. The number of nitrogens with one attached hydrogen (secondary N) is 6. The molecule has 6 heterocycles. The molecule has 6 aromatic carbocycles. The quantitative estimate of drug-likeness (QED) is 0.0639. The van der Waals surface area contributed by atoms with E-state index in [9.17, 15) is 14.4 Å². The van der Waals surface area contributed by atoms with Crippen LogP contribution in [0.4, 0.5) is 0 Å². The number of aromatic nitrogens is 6. The minimum absolute atomic E-state index is 0. The van der Waals surface area contributed by atoms with Crippen molar-refractivity contribution in [3.05, 3.63) is 282 Å². The normalized spacial score (nSPS) is 12.4. The lowest BCUT2D eigenvalue weighted by molar-refractivity contribution is 0.100. The van der Waals surface area contributed by atoms with Gasteiger partial charge in [0.2, 0.25) is 0 Å². The first-order valence-corrected chi connectivity index (χ1v) is 28.9. The van der Waals surface area contributed by atoms with E-state index in [1.54, 1.807) is 20.8 Å². The second-order valence-corrected chi connectivity index (χ2v) is 22.5. The monoisotopic (exact) mass is 1110 g/mol. The first-order valence-electron chi connectivity index (χ1n) is 28.9. The largest absolute Gasteiger partial charge is 0.364 e. The van der Waals surface area contributed by atoms with Gasteiger partial charge in [0.25, 0.3) is 0 Å². The number of carbonyl (C=O) groups is 3. The van der Waals surface area contributed by atoms with E-state index in [1.165, 1.54) is 71.5 Å². The highest BCUT2D eigenvalue weighted by Gasteiger charge is 2.31. The van der Waals surface area contributed by atoms with Crippen LogP contribution in [0.15, 0.2) is 158 Å². The molecular weight excluding hydrogens is 1020 g/mol. The smallest absolute Gasteiger partial charge is 0.161 e. The number of aryl methyl sites for hydroxylation is 5. The van der Waals surface area contributed by atoms with Gasteiger partial charge in [0.1, 0.15) is 0 Å². The molecule has 83 heavy (non-hydrogen) atoms. The molecule has 0 saturated carbocycles. The number of aromatic amines is 6. The summed E-state index contributed by atoms with van der Waals surface area (Å²) in [4.78, 5) is 57.9. The van der Waals surface area contributed by atoms with E-state index in [4.69, 9.17) is 0 Å². The van der Waals surface area contributed by atoms with Crippen LogP contribution in [-0.4, -0.2) is 47.3 Å². The van der Waals surface area contributed by atoms with Crippen molar-refractivity contribution in [2.24, 2.45) is 0 Å².